The van der Waals surface area contributed by atoms with Crippen molar-refractivity contribution in [3.63, 3.8) is 0 Å². The van der Waals surface area contributed by atoms with Gasteiger partial charge in [-0.05, 0) is 85.7 Å². The lowest BCUT2D eigenvalue weighted by Gasteiger charge is -2.28. The fourth-order valence-electron chi connectivity index (χ4n) is 5.11. The number of nitrogens with two attached hydrogens (primary N) is 2. The van der Waals surface area contributed by atoms with Crippen LogP contribution in [-0.4, -0.2) is 70.5 Å². The van der Waals surface area contributed by atoms with Gasteiger partial charge in [0.05, 0.1) is 44.2 Å². The van der Waals surface area contributed by atoms with Crippen LogP contribution in [0.2, 0.25) is 0 Å². The lowest BCUT2D eigenvalue weighted by atomic mass is 10.1. The van der Waals surface area contributed by atoms with Gasteiger partial charge in [0.25, 0.3) is 20.0 Å². The summed E-state index contributed by atoms with van der Waals surface area (Å²) in [5.41, 5.74) is 11.1. The van der Waals surface area contributed by atoms with Crippen LogP contribution in [0.4, 0.5) is 11.4 Å². The number of hydrogen-bond acceptors (Lipinski definition) is 10. The van der Waals surface area contributed by atoms with Crippen molar-refractivity contribution in [2.75, 3.05) is 41.1 Å². The number of carbonyl (C=O) groups is 2. The fourth-order valence-corrected chi connectivity index (χ4v) is 9.25. The molecule has 0 aliphatic rings. The molecule has 0 aliphatic carbocycles. The van der Waals surface area contributed by atoms with E-state index in [1.54, 1.807) is 24.3 Å². The molecule has 4 aromatic rings. The molecule has 2 amide bonds. The number of carbonyl (C=O) groups excluding carboxylic acids is 2. The number of ether oxygens (including phenoxy) is 1. The highest BCUT2D eigenvalue weighted by atomic mass is 32.2. The molecule has 0 aliphatic heterocycles. The Labute approximate surface area is 298 Å². The van der Waals surface area contributed by atoms with Crippen molar-refractivity contribution in [1.82, 2.24) is 0 Å². The van der Waals surface area contributed by atoms with Crippen LogP contribution in [0.25, 0.3) is 10.8 Å². The summed E-state index contributed by atoms with van der Waals surface area (Å²) in [6.07, 6.45) is 2.25. The third kappa shape index (κ3) is 8.91. The minimum absolute atomic E-state index is 0.0228. The quantitative estimate of drug-likeness (QED) is 0.0865. The summed E-state index contributed by atoms with van der Waals surface area (Å²) in [5.74, 6) is -1.10. The molecule has 13 nitrogen and oxygen atoms in total. The van der Waals surface area contributed by atoms with Gasteiger partial charge in [-0.25, -0.2) is 21.8 Å². The summed E-state index contributed by atoms with van der Waals surface area (Å²) in [7, 11) is -8.77. The van der Waals surface area contributed by atoms with Crippen LogP contribution in [0.15, 0.2) is 105 Å². The predicted octanol–water partition coefficient (Wildman–Crippen LogP) is 3.59. The minimum atomic E-state index is -4.45. The molecule has 4 aromatic carbocycles. The Morgan fingerprint density at radius 2 is 1.24 bits per heavy atom. The smallest absolute Gasteiger partial charge is 0.264 e. The van der Waals surface area contributed by atoms with E-state index in [-0.39, 0.29) is 31.9 Å². The first-order chi connectivity index (χ1) is 23.8. The number of methoxy groups -OCH3 is 1. The summed E-state index contributed by atoms with van der Waals surface area (Å²) in [6.45, 7) is -0.921. The number of aliphatic imine (C=N–C) groups is 1. The van der Waals surface area contributed by atoms with Gasteiger partial charge >= 0.3 is 0 Å². The molecule has 4 rings (SSSR count). The molecule has 1 atom stereocenters. The summed E-state index contributed by atoms with van der Waals surface area (Å²) in [6, 6.07) is 20.0. The molecule has 0 saturated heterocycles. The van der Waals surface area contributed by atoms with Crippen LogP contribution in [0.5, 0.6) is 5.75 Å². The zero-order valence-corrected chi connectivity index (χ0v) is 30.2. The number of nitrogens with zero attached hydrogens (tertiary/aromatic N) is 3. The molecule has 0 aromatic heterocycles. The Morgan fingerprint density at radius 3 is 1.68 bits per heavy atom. The number of isothiocyanates is 1. The van der Waals surface area contributed by atoms with Crippen molar-refractivity contribution < 1.29 is 35.4 Å². The first kappa shape index (κ1) is 38.1. The van der Waals surface area contributed by atoms with Crippen molar-refractivity contribution in [3.05, 3.63) is 84.9 Å². The van der Waals surface area contributed by atoms with Gasteiger partial charge in [-0.2, -0.15) is 0 Å². The van der Waals surface area contributed by atoms with E-state index in [0.717, 1.165) is 21.5 Å². The van der Waals surface area contributed by atoms with E-state index < -0.39 is 55.8 Å². The third-order valence-electron chi connectivity index (χ3n) is 7.50. The molecule has 0 radical (unpaired) electrons. The van der Waals surface area contributed by atoms with E-state index in [1.165, 1.54) is 67.8 Å². The Kier molecular flexibility index (Phi) is 12.8. The Balaban J connectivity index is 1.74. The van der Waals surface area contributed by atoms with E-state index in [2.05, 4.69) is 22.4 Å². The van der Waals surface area contributed by atoms with Gasteiger partial charge in [-0.3, -0.25) is 22.4 Å². The van der Waals surface area contributed by atoms with Crippen molar-refractivity contribution in [2.45, 2.75) is 33.9 Å². The molecular weight excluding hydrogens is 723 g/mol. The van der Waals surface area contributed by atoms with E-state index >= 15 is 0 Å². The Bertz CT molecular complexity index is 2150. The zero-order valence-electron chi connectivity index (χ0n) is 26.9. The highest BCUT2D eigenvalue weighted by molar-refractivity contribution is 7.93. The predicted molar refractivity (Wildman–Crippen MR) is 196 cm³/mol. The molecule has 50 heavy (non-hydrogen) atoms. The number of hydrogen-bond donors (Lipinski definition) is 2. The summed E-state index contributed by atoms with van der Waals surface area (Å²) >= 11 is 4.54. The fraction of sp³-hybridized carbons (Fsp3) is 0.242. The molecule has 4 N–H and O–H groups in total. The van der Waals surface area contributed by atoms with Crippen LogP contribution < -0.4 is 24.8 Å². The maximum Gasteiger partial charge on any atom is 0.264 e. The van der Waals surface area contributed by atoms with Crippen molar-refractivity contribution in [2.24, 2.45) is 16.5 Å². The number of benzene rings is 4. The van der Waals surface area contributed by atoms with Crippen LogP contribution >= 0.6 is 12.2 Å². The number of unbranched alkanes of at least 4 members (excludes halogenated alkanes) is 2. The largest absolute Gasteiger partial charge is 0.497 e. The van der Waals surface area contributed by atoms with Gasteiger partial charge in [0, 0.05) is 28.0 Å². The minimum Gasteiger partial charge on any atom is -0.497 e. The lowest BCUT2D eigenvalue weighted by Crippen LogP contribution is -2.39. The lowest BCUT2D eigenvalue weighted by molar-refractivity contribution is -0.117. The third-order valence-corrected chi connectivity index (χ3v) is 12.6. The van der Waals surface area contributed by atoms with Gasteiger partial charge in [-0.1, -0.05) is 30.7 Å². The highest BCUT2D eigenvalue weighted by Crippen LogP contribution is 2.38. The van der Waals surface area contributed by atoms with E-state index in [9.17, 15) is 30.6 Å². The molecule has 264 valence electrons. The highest BCUT2D eigenvalue weighted by Gasteiger charge is 2.32. The number of fused-ring (bicyclic) bond motifs is 1. The second-order valence-corrected chi connectivity index (χ2v) is 16.3. The van der Waals surface area contributed by atoms with Crippen LogP contribution in [0.3, 0.4) is 0 Å². The normalized spacial score (nSPS) is 12.1. The topological polar surface area (TPSA) is 200 Å². The number of amides is 2. The summed E-state index contributed by atoms with van der Waals surface area (Å²) < 4.78 is 75.6. The molecule has 0 bridgehead atoms. The Morgan fingerprint density at radius 1 is 0.760 bits per heavy atom. The van der Waals surface area contributed by atoms with Crippen molar-refractivity contribution in [3.8, 4) is 5.75 Å². The van der Waals surface area contributed by atoms with Crippen LogP contribution in [-0.2, 0) is 40.4 Å². The Hall–Kier alpha value is -4.67. The molecule has 17 heteroatoms. The molecule has 0 spiro atoms. The second kappa shape index (κ2) is 16.8. The van der Waals surface area contributed by atoms with E-state index in [1.807, 2.05) is 0 Å². The van der Waals surface area contributed by atoms with Gasteiger partial charge in [0.2, 0.25) is 11.8 Å². The second-order valence-electron chi connectivity index (χ2n) is 10.8. The standard InChI is InChI=1S/C33H35N5O8S4/c1-46-24-9-13-26(14-10-24)49(42,43)37(21-32(34)39)30-17-18-31(29-8-4-3-7-28(29)30)38(22-33(35)40)50(44,45)27-15-11-25(12-16-27)48(41)20-6-2-5-19-36-23-47/h3-4,7-18H,2,5-6,19-22H2,1H3,(H2,34,39)(H2,35,40). The number of primary amides is 2. The average molecular weight is 758 g/mol. The van der Waals surface area contributed by atoms with Crippen LogP contribution in [0.1, 0.15) is 19.3 Å². The van der Waals surface area contributed by atoms with Gasteiger partial charge in [-0.15, -0.1) is 0 Å². The first-order valence-corrected chi connectivity index (χ1v) is 19.7. The van der Waals surface area contributed by atoms with E-state index in [0.29, 0.717) is 29.4 Å². The van der Waals surface area contributed by atoms with Crippen molar-refractivity contribution >= 4 is 82.2 Å². The van der Waals surface area contributed by atoms with Gasteiger partial charge in [0.15, 0.2) is 0 Å². The number of sulfonamides is 2. The van der Waals surface area contributed by atoms with Gasteiger partial charge in [0.1, 0.15) is 18.8 Å². The number of anilines is 2. The van der Waals surface area contributed by atoms with Gasteiger partial charge < -0.3 is 16.2 Å². The average Bonchev–Trinajstić information content (AvgIpc) is 3.10. The molecule has 0 saturated carbocycles. The monoisotopic (exact) mass is 757 g/mol. The molecule has 0 fully saturated rings. The zero-order chi connectivity index (χ0) is 36.5. The number of rotatable bonds is 18. The summed E-state index contributed by atoms with van der Waals surface area (Å²) in [4.78, 5) is 28.4. The maximum absolute atomic E-state index is 14.1. The maximum atomic E-state index is 14.1. The molecular formula is C33H35N5O8S4. The SMILES string of the molecule is COc1ccc(S(=O)(=O)N(CC(N)=O)c2ccc(N(CC(N)=O)S(=O)(=O)c3ccc(S(=O)CCCCCN=C=S)cc3)c3ccccc23)cc1. The summed E-state index contributed by atoms with van der Waals surface area (Å²) in [5, 5.41) is 2.78. The molecule has 0 heterocycles. The first-order valence-electron chi connectivity index (χ1n) is 15.1. The van der Waals surface area contributed by atoms with Crippen molar-refractivity contribution in [1.29, 1.82) is 0 Å². The number of thiocarbonyl (C=S) groups is 1. The van der Waals surface area contributed by atoms with E-state index in [4.69, 9.17) is 16.2 Å². The van der Waals surface area contributed by atoms with Crippen LogP contribution in [0, 0.1) is 0 Å². The molecule has 1 unspecified atom stereocenters.